The molecule has 7 heteroatoms. The average Bonchev–Trinajstić information content (AvgIpc) is 2.67. The number of nitrogens with one attached hydrogen (secondary N) is 1. The number of thiol groups is 1. The standard InChI is InChI=1S/C21H21N3O3S/c1-14-3-6-20(23-10-14)18-7-17(13-28(26)27)8-19(9-18)21(25)24-12-16-5-4-15(2)22-11-16/h3-11,28H,12-13H2,1-2H3,(H,24,25). The smallest absolute Gasteiger partial charge is 0.251 e. The van der Waals surface area contributed by atoms with Crippen LogP contribution in [0.4, 0.5) is 0 Å². The van der Waals surface area contributed by atoms with Gasteiger partial charge in [0.25, 0.3) is 5.91 Å². The summed E-state index contributed by atoms with van der Waals surface area (Å²) in [7, 11) is -2.60. The summed E-state index contributed by atoms with van der Waals surface area (Å²) in [5, 5.41) is 2.85. The highest BCUT2D eigenvalue weighted by molar-refractivity contribution is 7.71. The van der Waals surface area contributed by atoms with Gasteiger partial charge >= 0.3 is 0 Å². The molecule has 0 aliphatic rings. The van der Waals surface area contributed by atoms with E-state index < -0.39 is 10.7 Å². The zero-order chi connectivity index (χ0) is 20.1. The van der Waals surface area contributed by atoms with Crippen LogP contribution in [0, 0.1) is 13.8 Å². The van der Waals surface area contributed by atoms with E-state index in [2.05, 4.69) is 15.3 Å². The van der Waals surface area contributed by atoms with Gasteiger partial charge in [0.15, 0.2) is 0 Å². The van der Waals surface area contributed by atoms with Crippen LogP contribution in [0.3, 0.4) is 0 Å². The molecule has 6 nitrogen and oxygen atoms in total. The summed E-state index contributed by atoms with van der Waals surface area (Å²) in [6, 6.07) is 12.6. The molecule has 2 heterocycles. The molecule has 0 saturated heterocycles. The van der Waals surface area contributed by atoms with Crippen molar-refractivity contribution in [3.05, 3.63) is 82.8 Å². The molecule has 0 fully saturated rings. The summed E-state index contributed by atoms with van der Waals surface area (Å²) < 4.78 is 22.4. The van der Waals surface area contributed by atoms with Gasteiger partial charge in [-0.3, -0.25) is 14.8 Å². The van der Waals surface area contributed by atoms with Crippen molar-refractivity contribution in [1.29, 1.82) is 0 Å². The highest BCUT2D eigenvalue weighted by Crippen LogP contribution is 2.22. The molecule has 0 aliphatic heterocycles. The predicted octanol–water partition coefficient (Wildman–Crippen LogP) is 2.80. The van der Waals surface area contributed by atoms with Crippen LogP contribution in [0.5, 0.6) is 0 Å². The Balaban J connectivity index is 1.87. The number of benzene rings is 1. The minimum atomic E-state index is -2.60. The molecule has 0 radical (unpaired) electrons. The minimum absolute atomic E-state index is 0.128. The Morgan fingerprint density at radius 2 is 1.79 bits per heavy atom. The molecule has 1 amide bonds. The topological polar surface area (TPSA) is 89.0 Å². The lowest BCUT2D eigenvalue weighted by atomic mass is 10.0. The average molecular weight is 395 g/mol. The van der Waals surface area contributed by atoms with E-state index in [9.17, 15) is 13.2 Å². The highest BCUT2D eigenvalue weighted by Gasteiger charge is 2.11. The number of rotatable bonds is 6. The number of hydrogen-bond donors (Lipinski definition) is 2. The van der Waals surface area contributed by atoms with E-state index in [4.69, 9.17) is 0 Å². The van der Waals surface area contributed by atoms with Crippen LogP contribution in [-0.4, -0.2) is 24.3 Å². The second-order valence-electron chi connectivity index (χ2n) is 6.62. The van der Waals surface area contributed by atoms with E-state index >= 15 is 0 Å². The molecule has 2 aromatic heterocycles. The first-order chi connectivity index (χ1) is 13.4. The van der Waals surface area contributed by atoms with Gasteiger partial charge in [0, 0.05) is 35.8 Å². The Labute approximate surface area is 165 Å². The third-order valence-electron chi connectivity index (χ3n) is 4.20. The molecule has 0 aliphatic carbocycles. The maximum Gasteiger partial charge on any atom is 0.251 e. The van der Waals surface area contributed by atoms with Crippen LogP contribution in [0.15, 0.2) is 54.9 Å². The summed E-state index contributed by atoms with van der Waals surface area (Å²) in [4.78, 5) is 21.2. The summed E-state index contributed by atoms with van der Waals surface area (Å²) in [5.41, 5.74) is 5.15. The Bertz CT molecular complexity index is 1050. The van der Waals surface area contributed by atoms with Crippen molar-refractivity contribution in [2.45, 2.75) is 26.1 Å². The molecule has 144 valence electrons. The monoisotopic (exact) mass is 395 g/mol. The van der Waals surface area contributed by atoms with Gasteiger partial charge in [-0.15, -0.1) is 0 Å². The molecule has 0 bridgehead atoms. The Morgan fingerprint density at radius 3 is 2.43 bits per heavy atom. The van der Waals surface area contributed by atoms with E-state index in [1.165, 1.54) is 0 Å². The molecule has 0 saturated carbocycles. The maximum atomic E-state index is 12.7. The molecule has 1 N–H and O–H groups in total. The first-order valence-corrected chi connectivity index (χ1v) is 10.2. The van der Waals surface area contributed by atoms with Crippen LogP contribution in [0.25, 0.3) is 11.3 Å². The number of amides is 1. The van der Waals surface area contributed by atoms with E-state index in [1.54, 1.807) is 30.6 Å². The van der Waals surface area contributed by atoms with Gasteiger partial charge in [-0.1, -0.05) is 12.1 Å². The fourth-order valence-corrected chi connectivity index (χ4v) is 3.22. The first kappa shape index (κ1) is 19.7. The van der Waals surface area contributed by atoms with Crippen molar-refractivity contribution >= 4 is 16.6 Å². The maximum absolute atomic E-state index is 12.7. The van der Waals surface area contributed by atoms with Gasteiger partial charge in [-0.05, 0) is 60.9 Å². The first-order valence-electron chi connectivity index (χ1n) is 8.79. The fourth-order valence-electron chi connectivity index (χ4n) is 2.74. The Kier molecular flexibility index (Phi) is 6.16. The SMILES string of the molecule is Cc1ccc(-c2cc(C[SH](=O)=O)cc(C(=O)NCc3ccc(C)nc3)c2)nc1. The van der Waals surface area contributed by atoms with Crippen LogP contribution in [-0.2, 0) is 23.0 Å². The van der Waals surface area contributed by atoms with Crippen LogP contribution in [0.1, 0.15) is 32.7 Å². The van der Waals surface area contributed by atoms with Gasteiger partial charge in [0.1, 0.15) is 10.7 Å². The van der Waals surface area contributed by atoms with Crippen molar-refractivity contribution in [2.24, 2.45) is 0 Å². The number of carbonyl (C=O) groups is 1. The molecule has 3 aromatic rings. The lowest BCUT2D eigenvalue weighted by Gasteiger charge is -2.10. The van der Waals surface area contributed by atoms with Crippen LogP contribution in [0.2, 0.25) is 0 Å². The molecule has 3 rings (SSSR count). The van der Waals surface area contributed by atoms with Crippen molar-refractivity contribution in [1.82, 2.24) is 15.3 Å². The predicted molar refractivity (Wildman–Crippen MR) is 109 cm³/mol. The normalized spacial score (nSPS) is 10.8. The minimum Gasteiger partial charge on any atom is -0.348 e. The number of aryl methyl sites for hydroxylation is 2. The zero-order valence-electron chi connectivity index (χ0n) is 15.7. The highest BCUT2D eigenvalue weighted by atomic mass is 32.2. The number of carbonyl (C=O) groups excluding carboxylic acids is 1. The Hall–Kier alpha value is -3.06. The van der Waals surface area contributed by atoms with E-state index in [0.717, 1.165) is 16.8 Å². The zero-order valence-corrected chi connectivity index (χ0v) is 16.6. The Morgan fingerprint density at radius 1 is 0.964 bits per heavy atom. The fraction of sp³-hybridized carbons (Fsp3) is 0.190. The number of pyridine rings is 2. The van der Waals surface area contributed by atoms with Gasteiger partial charge in [-0.2, -0.15) is 0 Å². The van der Waals surface area contributed by atoms with E-state index in [1.807, 2.05) is 38.1 Å². The van der Waals surface area contributed by atoms with Crippen molar-refractivity contribution in [3.63, 3.8) is 0 Å². The van der Waals surface area contributed by atoms with Gasteiger partial charge < -0.3 is 5.32 Å². The van der Waals surface area contributed by atoms with Gasteiger partial charge in [0.2, 0.25) is 0 Å². The van der Waals surface area contributed by atoms with E-state index in [0.29, 0.717) is 28.9 Å². The summed E-state index contributed by atoms with van der Waals surface area (Å²) in [5.74, 6) is -0.408. The quantitative estimate of drug-likeness (QED) is 0.627. The second kappa shape index (κ2) is 8.75. The van der Waals surface area contributed by atoms with Gasteiger partial charge in [-0.25, -0.2) is 8.42 Å². The van der Waals surface area contributed by atoms with Crippen molar-refractivity contribution < 1.29 is 13.2 Å². The molecule has 0 spiro atoms. The molecular formula is C21H21N3O3S. The van der Waals surface area contributed by atoms with Crippen LogP contribution < -0.4 is 5.32 Å². The van der Waals surface area contributed by atoms with E-state index in [-0.39, 0.29) is 11.7 Å². The number of aromatic nitrogens is 2. The summed E-state index contributed by atoms with van der Waals surface area (Å²) in [6.07, 6.45) is 3.45. The van der Waals surface area contributed by atoms with Crippen molar-refractivity contribution in [2.75, 3.05) is 0 Å². The lowest BCUT2D eigenvalue weighted by Crippen LogP contribution is -2.23. The molecule has 0 atom stereocenters. The van der Waals surface area contributed by atoms with Crippen molar-refractivity contribution in [3.8, 4) is 11.3 Å². The summed E-state index contributed by atoms with van der Waals surface area (Å²) >= 11 is 0. The van der Waals surface area contributed by atoms with Crippen LogP contribution >= 0.6 is 0 Å². The second-order valence-corrected chi connectivity index (χ2v) is 7.60. The lowest BCUT2D eigenvalue weighted by molar-refractivity contribution is 0.0951. The third-order valence-corrected chi connectivity index (χ3v) is 4.82. The van der Waals surface area contributed by atoms with Gasteiger partial charge in [0.05, 0.1) is 11.4 Å². The third kappa shape index (κ3) is 5.23. The summed E-state index contributed by atoms with van der Waals surface area (Å²) in [6.45, 7) is 4.17. The number of hydrogen-bond acceptors (Lipinski definition) is 5. The largest absolute Gasteiger partial charge is 0.348 e. The molecule has 1 aromatic carbocycles. The molecule has 0 unspecified atom stereocenters. The number of nitrogens with zero attached hydrogens (tertiary/aromatic N) is 2. The molecular weight excluding hydrogens is 374 g/mol. The molecule has 28 heavy (non-hydrogen) atoms.